The van der Waals surface area contributed by atoms with Crippen LogP contribution in [0.3, 0.4) is 0 Å². The molecule has 0 aliphatic carbocycles. The zero-order chi connectivity index (χ0) is 12.3. The quantitative estimate of drug-likeness (QED) is 0.821. The summed E-state index contributed by atoms with van der Waals surface area (Å²) in [7, 11) is 1.96. The highest BCUT2D eigenvalue weighted by Gasteiger charge is 2.17. The third-order valence-corrected chi connectivity index (χ3v) is 3.10. The second kappa shape index (κ2) is 4.98. The van der Waals surface area contributed by atoms with Gasteiger partial charge in [0.05, 0.1) is 0 Å². The molecule has 1 aromatic carbocycles. The number of aryl methyl sites for hydroxylation is 1. The summed E-state index contributed by atoms with van der Waals surface area (Å²) in [6, 6.07) is 6.93. The van der Waals surface area contributed by atoms with Gasteiger partial charge in [0.25, 0.3) is 0 Å². The van der Waals surface area contributed by atoms with E-state index in [0.717, 1.165) is 0 Å². The van der Waals surface area contributed by atoms with Crippen molar-refractivity contribution in [1.29, 1.82) is 0 Å². The van der Waals surface area contributed by atoms with Gasteiger partial charge in [-0.1, -0.05) is 39.0 Å². The minimum atomic E-state index is 0.190. The Morgan fingerprint density at radius 1 is 1.31 bits per heavy atom. The number of rotatable bonds is 3. The normalized spacial score (nSPS) is 13.9. The fourth-order valence-electron chi connectivity index (χ4n) is 1.88. The lowest BCUT2D eigenvalue weighted by molar-refractivity contribution is 0.575. The van der Waals surface area contributed by atoms with Gasteiger partial charge < -0.3 is 11.1 Å². The summed E-state index contributed by atoms with van der Waals surface area (Å²) < 4.78 is 0. The average molecular weight is 220 g/mol. The summed E-state index contributed by atoms with van der Waals surface area (Å²) in [5.74, 6) is 0. The van der Waals surface area contributed by atoms with Crippen molar-refractivity contribution in [2.45, 2.75) is 39.2 Å². The molecule has 1 rings (SSSR count). The van der Waals surface area contributed by atoms with Crippen LogP contribution in [0, 0.1) is 6.92 Å². The van der Waals surface area contributed by atoms with Crippen LogP contribution in [-0.4, -0.2) is 13.6 Å². The van der Waals surface area contributed by atoms with Crippen molar-refractivity contribution in [3.8, 4) is 0 Å². The van der Waals surface area contributed by atoms with Gasteiger partial charge in [0.1, 0.15) is 0 Å². The van der Waals surface area contributed by atoms with Gasteiger partial charge in [0.15, 0.2) is 0 Å². The Morgan fingerprint density at radius 3 is 2.38 bits per heavy atom. The largest absolute Gasteiger partial charge is 0.329 e. The molecule has 16 heavy (non-hydrogen) atoms. The first-order valence-electron chi connectivity index (χ1n) is 5.88. The number of nitrogens with one attached hydrogen (secondary N) is 1. The van der Waals surface area contributed by atoms with Crippen LogP contribution in [0.4, 0.5) is 0 Å². The van der Waals surface area contributed by atoms with Crippen molar-refractivity contribution in [2.24, 2.45) is 5.73 Å². The molecule has 0 aliphatic rings. The molecule has 3 N–H and O–H groups in total. The molecule has 0 saturated carbocycles. The molecular formula is C14H24N2. The predicted octanol–water partition coefficient (Wildman–Crippen LogP) is 2.51. The molecule has 1 unspecified atom stereocenters. The van der Waals surface area contributed by atoms with Crippen LogP contribution in [0.15, 0.2) is 18.2 Å². The summed E-state index contributed by atoms with van der Waals surface area (Å²) >= 11 is 0. The molecule has 0 aromatic heterocycles. The van der Waals surface area contributed by atoms with E-state index in [9.17, 15) is 0 Å². The van der Waals surface area contributed by atoms with Crippen molar-refractivity contribution in [3.05, 3.63) is 34.9 Å². The second-order valence-corrected chi connectivity index (χ2v) is 5.40. The van der Waals surface area contributed by atoms with E-state index in [1.165, 1.54) is 16.7 Å². The first kappa shape index (κ1) is 13.2. The van der Waals surface area contributed by atoms with Crippen LogP contribution in [0.25, 0.3) is 0 Å². The van der Waals surface area contributed by atoms with Gasteiger partial charge in [-0.3, -0.25) is 0 Å². The van der Waals surface area contributed by atoms with Gasteiger partial charge in [-0.25, -0.2) is 0 Å². The zero-order valence-electron chi connectivity index (χ0n) is 11.1. The third kappa shape index (κ3) is 2.83. The van der Waals surface area contributed by atoms with Gasteiger partial charge in [0, 0.05) is 12.6 Å². The van der Waals surface area contributed by atoms with Crippen LogP contribution in [0.2, 0.25) is 0 Å². The Morgan fingerprint density at radius 2 is 1.94 bits per heavy atom. The minimum absolute atomic E-state index is 0.190. The summed E-state index contributed by atoms with van der Waals surface area (Å²) in [4.78, 5) is 0. The van der Waals surface area contributed by atoms with E-state index in [1.807, 2.05) is 7.05 Å². The van der Waals surface area contributed by atoms with Crippen molar-refractivity contribution < 1.29 is 0 Å². The smallest absolute Gasteiger partial charge is 0.0444 e. The van der Waals surface area contributed by atoms with Crippen LogP contribution in [0.1, 0.15) is 43.5 Å². The number of nitrogens with two attached hydrogens (primary N) is 1. The molecule has 0 aliphatic heterocycles. The summed E-state index contributed by atoms with van der Waals surface area (Å²) in [5.41, 5.74) is 9.95. The van der Waals surface area contributed by atoms with Crippen molar-refractivity contribution in [3.63, 3.8) is 0 Å². The minimum Gasteiger partial charge on any atom is -0.329 e. The second-order valence-electron chi connectivity index (χ2n) is 5.40. The van der Waals surface area contributed by atoms with Gasteiger partial charge in [0.2, 0.25) is 0 Å². The fraction of sp³-hybridized carbons (Fsp3) is 0.571. The maximum atomic E-state index is 5.78. The van der Waals surface area contributed by atoms with E-state index in [2.05, 4.69) is 51.2 Å². The first-order valence-corrected chi connectivity index (χ1v) is 5.88. The Bertz CT molecular complexity index is 346. The molecule has 0 amide bonds. The van der Waals surface area contributed by atoms with E-state index in [4.69, 9.17) is 5.73 Å². The molecule has 90 valence electrons. The first-order chi connectivity index (χ1) is 7.40. The number of hydrogen-bond acceptors (Lipinski definition) is 2. The van der Waals surface area contributed by atoms with Crippen molar-refractivity contribution in [2.75, 3.05) is 13.6 Å². The lowest BCUT2D eigenvalue weighted by Crippen LogP contribution is -2.26. The van der Waals surface area contributed by atoms with Crippen LogP contribution < -0.4 is 11.1 Å². The Hall–Kier alpha value is -0.860. The van der Waals surface area contributed by atoms with Crippen molar-refractivity contribution >= 4 is 0 Å². The summed E-state index contributed by atoms with van der Waals surface area (Å²) in [5, 5.41) is 3.26. The molecular weight excluding hydrogens is 196 g/mol. The Labute approximate surface area is 99.2 Å². The van der Waals surface area contributed by atoms with E-state index < -0.39 is 0 Å². The molecule has 2 heteroatoms. The lowest BCUT2D eigenvalue weighted by Gasteiger charge is -2.23. The highest BCUT2D eigenvalue weighted by molar-refractivity contribution is 5.36. The van der Waals surface area contributed by atoms with E-state index in [0.29, 0.717) is 6.54 Å². The maximum absolute atomic E-state index is 5.78. The number of likely N-dealkylation sites (N-methyl/N-ethyl adjacent to an activating group) is 1. The van der Waals surface area contributed by atoms with E-state index in [1.54, 1.807) is 0 Å². The van der Waals surface area contributed by atoms with Gasteiger partial charge in [-0.15, -0.1) is 0 Å². The Kier molecular flexibility index (Phi) is 4.11. The van der Waals surface area contributed by atoms with Crippen LogP contribution in [-0.2, 0) is 5.41 Å². The topological polar surface area (TPSA) is 38.0 Å². The zero-order valence-corrected chi connectivity index (χ0v) is 11.1. The Balaban J connectivity index is 3.18. The lowest BCUT2D eigenvalue weighted by atomic mass is 9.84. The van der Waals surface area contributed by atoms with Gasteiger partial charge in [-0.05, 0) is 36.1 Å². The molecule has 2 nitrogen and oxygen atoms in total. The van der Waals surface area contributed by atoms with E-state index >= 15 is 0 Å². The standard InChI is InChI=1S/C14H24N2/c1-10-6-7-11(14(2,3)4)8-12(10)13(9-15)16-5/h6-8,13,16H,9,15H2,1-5H3. The monoisotopic (exact) mass is 220 g/mol. The highest BCUT2D eigenvalue weighted by atomic mass is 14.9. The number of hydrogen-bond donors (Lipinski definition) is 2. The molecule has 0 spiro atoms. The van der Waals surface area contributed by atoms with Gasteiger partial charge >= 0.3 is 0 Å². The molecule has 0 radical (unpaired) electrons. The van der Waals surface area contributed by atoms with E-state index in [-0.39, 0.29) is 11.5 Å². The summed E-state index contributed by atoms with van der Waals surface area (Å²) in [6.07, 6.45) is 0. The SMILES string of the molecule is CNC(CN)c1cc(C(C)(C)C)ccc1C. The van der Waals surface area contributed by atoms with Gasteiger partial charge in [-0.2, -0.15) is 0 Å². The van der Waals surface area contributed by atoms with Crippen molar-refractivity contribution in [1.82, 2.24) is 5.32 Å². The molecule has 0 heterocycles. The predicted molar refractivity (Wildman–Crippen MR) is 70.7 cm³/mol. The molecule has 1 aromatic rings. The molecule has 0 saturated heterocycles. The average Bonchev–Trinajstić information content (AvgIpc) is 2.20. The molecule has 0 fully saturated rings. The number of benzene rings is 1. The summed E-state index contributed by atoms with van der Waals surface area (Å²) in [6.45, 7) is 9.47. The maximum Gasteiger partial charge on any atom is 0.0444 e. The molecule has 0 bridgehead atoms. The molecule has 1 atom stereocenters. The van der Waals surface area contributed by atoms with Crippen LogP contribution >= 0.6 is 0 Å². The third-order valence-electron chi connectivity index (χ3n) is 3.10. The fourth-order valence-corrected chi connectivity index (χ4v) is 1.88. The highest BCUT2D eigenvalue weighted by Crippen LogP contribution is 2.26. The van der Waals surface area contributed by atoms with Crippen LogP contribution in [0.5, 0.6) is 0 Å².